The summed E-state index contributed by atoms with van der Waals surface area (Å²) in [7, 11) is 0. The lowest BCUT2D eigenvalue weighted by molar-refractivity contribution is 1.25. The Kier molecular flexibility index (Phi) is 2.90. The van der Waals surface area contributed by atoms with Gasteiger partial charge in [0, 0.05) is 33.7 Å². The van der Waals surface area contributed by atoms with Crippen LogP contribution in [0.4, 0.5) is 0 Å². The number of aromatic nitrogens is 2. The zero-order valence-electron chi connectivity index (χ0n) is 10.3. The Morgan fingerprint density at radius 2 is 2.26 bits per heavy atom. The number of benzene rings is 1. The maximum Gasteiger partial charge on any atom is 0.134 e. The van der Waals surface area contributed by atoms with Crippen molar-refractivity contribution >= 4 is 33.9 Å². The molecule has 3 aromatic rings. The second-order valence-electron chi connectivity index (χ2n) is 4.25. The fraction of sp³-hybridized carbons (Fsp3) is 0.0667. The number of allylic oxidation sites excluding steroid dienone is 1. The molecule has 3 rings (SSSR count). The number of nitrogens with one attached hydrogen (secondary N) is 1. The van der Waals surface area contributed by atoms with E-state index in [0.29, 0.717) is 5.57 Å². The second-order valence-corrected chi connectivity index (χ2v) is 5.11. The van der Waals surface area contributed by atoms with Crippen LogP contribution >= 0.6 is 11.3 Å². The second kappa shape index (κ2) is 4.71. The summed E-state index contributed by atoms with van der Waals surface area (Å²) in [5, 5.41) is 13.1. The van der Waals surface area contributed by atoms with Gasteiger partial charge in [-0.15, -0.1) is 11.3 Å². The molecular formula is C15H11N3S. The van der Waals surface area contributed by atoms with Gasteiger partial charge in [-0.05, 0) is 19.1 Å². The molecule has 4 heteroatoms. The van der Waals surface area contributed by atoms with Crippen molar-refractivity contribution in [3.05, 3.63) is 52.1 Å². The first-order chi connectivity index (χ1) is 9.28. The van der Waals surface area contributed by atoms with Crippen LogP contribution in [0.5, 0.6) is 0 Å². The van der Waals surface area contributed by atoms with Gasteiger partial charge in [0.15, 0.2) is 0 Å². The molecule has 0 saturated carbocycles. The summed E-state index contributed by atoms with van der Waals surface area (Å²) in [6.45, 7) is 1.93. The largest absolute Gasteiger partial charge is 0.361 e. The average molecular weight is 265 g/mol. The van der Waals surface area contributed by atoms with Crippen molar-refractivity contribution in [3.63, 3.8) is 0 Å². The number of H-pyrrole nitrogens is 1. The van der Waals surface area contributed by atoms with E-state index in [0.717, 1.165) is 27.2 Å². The summed E-state index contributed by atoms with van der Waals surface area (Å²) in [4.78, 5) is 7.56. The van der Waals surface area contributed by atoms with Gasteiger partial charge in [-0.1, -0.05) is 18.2 Å². The Morgan fingerprint density at radius 1 is 1.42 bits per heavy atom. The highest BCUT2D eigenvalue weighted by Gasteiger charge is 2.07. The lowest BCUT2D eigenvalue weighted by Gasteiger charge is -1.94. The third-order valence-corrected chi connectivity index (χ3v) is 3.88. The predicted molar refractivity (Wildman–Crippen MR) is 78.6 cm³/mol. The first-order valence-electron chi connectivity index (χ1n) is 5.88. The van der Waals surface area contributed by atoms with Gasteiger partial charge in [0.05, 0.1) is 5.57 Å². The molecule has 1 aromatic carbocycles. The van der Waals surface area contributed by atoms with Gasteiger partial charge in [0.2, 0.25) is 0 Å². The molecule has 92 valence electrons. The number of hydrogen-bond acceptors (Lipinski definition) is 3. The summed E-state index contributed by atoms with van der Waals surface area (Å²) in [5.74, 6) is 0. The normalized spacial score (nSPS) is 11.7. The first-order valence-corrected chi connectivity index (χ1v) is 6.76. The van der Waals surface area contributed by atoms with Gasteiger partial charge in [0.1, 0.15) is 11.1 Å². The number of aryl methyl sites for hydroxylation is 1. The molecule has 3 nitrogen and oxygen atoms in total. The van der Waals surface area contributed by atoms with Gasteiger partial charge in [-0.3, -0.25) is 0 Å². The minimum absolute atomic E-state index is 0.600. The van der Waals surface area contributed by atoms with Gasteiger partial charge >= 0.3 is 0 Å². The lowest BCUT2D eigenvalue weighted by Crippen LogP contribution is -1.80. The van der Waals surface area contributed by atoms with Crippen molar-refractivity contribution < 1.29 is 0 Å². The van der Waals surface area contributed by atoms with Crippen LogP contribution < -0.4 is 0 Å². The Hall–Kier alpha value is -2.38. The smallest absolute Gasteiger partial charge is 0.134 e. The SMILES string of the molecule is Cc1csc(C(C#N)=Cc2c[nH]c3ccccc23)n1. The molecule has 0 aliphatic carbocycles. The fourth-order valence-corrected chi connectivity index (χ4v) is 2.75. The van der Waals surface area contributed by atoms with Gasteiger partial charge in [-0.25, -0.2) is 4.98 Å². The number of rotatable bonds is 2. The predicted octanol–water partition coefficient (Wildman–Crippen LogP) is 4.00. The van der Waals surface area contributed by atoms with Crippen molar-refractivity contribution in [1.29, 1.82) is 5.26 Å². The first kappa shape index (κ1) is 11.7. The highest BCUT2D eigenvalue weighted by atomic mass is 32.1. The maximum absolute atomic E-state index is 9.30. The van der Waals surface area contributed by atoms with Crippen LogP contribution in [0, 0.1) is 18.3 Å². The molecular weight excluding hydrogens is 254 g/mol. The van der Waals surface area contributed by atoms with Crippen molar-refractivity contribution in [3.8, 4) is 6.07 Å². The summed E-state index contributed by atoms with van der Waals surface area (Å²) < 4.78 is 0. The maximum atomic E-state index is 9.30. The number of nitrogens with zero attached hydrogens (tertiary/aromatic N) is 2. The van der Waals surface area contributed by atoms with Crippen LogP contribution in [-0.2, 0) is 0 Å². The van der Waals surface area contributed by atoms with E-state index in [4.69, 9.17) is 0 Å². The molecule has 0 saturated heterocycles. The molecule has 0 spiro atoms. The Morgan fingerprint density at radius 3 is 3.00 bits per heavy atom. The summed E-state index contributed by atoms with van der Waals surface area (Å²) in [6, 6.07) is 10.3. The van der Waals surface area contributed by atoms with Crippen LogP contribution in [0.15, 0.2) is 35.8 Å². The highest BCUT2D eigenvalue weighted by molar-refractivity contribution is 7.11. The molecule has 0 fully saturated rings. The number of hydrogen-bond donors (Lipinski definition) is 1. The minimum Gasteiger partial charge on any atom is -0.361 e. The van der Waals surface area contributed by atoms with Crippen molar-refractivity contribution in [1.82, 2.24) is 9.97 Å². The van der Waals surface area contributed by atoms with E-state index < -0.39 is 0 Å². The van der Waals surface area contributed by atoms with E-state index >= 15 is 0 Å². The lowest BCUT2D eigenvalue weighted by atomic mass is 10.1. The molecule has 0 bridgehead atoms. The highest BCUT2D eigenvalue weighted by Crippen LogP contribution is 2.25. The van der Waals surface area contributed by atoms with Gasteiger partial charge in [-0.2, -0.15) is 5.26 Å². The van der Waals surface area contributed by atoms with Crippen molar-refractivity contribution in [2.45, 2.75) is 6.92 Å². The minimum atomic E-state index is 0.600. The van der Waals surface area contributed by atoms with Crippen LogP contribution in [0.3, 0.4) is 0 Å². The van der Waals surface area contributed by atoms with Crippen LogP contribution in [0.2, 0.25) is 0 Å². The monoisotopic (exact) mass is 265 g/mol. The standard InChI is InChI=1S/C15H11N3S/c1-10-9-19-15(18-10)11(7-16)6-12-8-17-14-5-3-2-4-13(12)14/h2-6,8-9,17H,1H3. The zero-order chi connectivity index (χ0) is 13.2. The Balaban J connectivity index is 2.11. The van der Waals surface area contributed by atoms with Gasteiger partial charge < -0.3 is 4.98 Å². The van der Waals surface area contributed by atoms with E-state index in [1.165, 1.54) is 11.3 Å². The summed E-state index contributed by atoms with van der Waals surface area (Å²) >= 11 is 1.50. The van der Waals surface area contributed by atoms with Crippen LogP contribution in [0.1, 0.15) is 16.3 Å². The average Bonchev–Trinajstić information content (AvgIpc) is 3.03. The third-order valence-electron chi connectivity index (χ3n) is 2.89. The van der Waals surface area contributed by atoms with Crippen molar-refractivity contribution in [2.24, 2.45) is 0 Å². The topological polar surface area (TPSA) is 52.5 Å². The van der Waals surface area contributed by atoms with Crippen molar-refractivity contribution in [2.75, 3.05) is 0 Å². The summed E-state index contributed by atoms with van der Waals surface area (Å²) in [6.07, 6.45) is 3.81. The molecule has 0 aliphatic heterocycles. The Labute approximate surface area is 114 Å². The van der Waals surface area contributed by atoms with Gasteiger partial charge in [0.25, 0.3) is 0 Å². The van der Waals surface area contributed by atoms with E-state index in [1.807, 2.05) is 48.8 Å². The molecule has 19 heavy (non-hydrogen) atoms. The molecule has 0 radical (unpaired) electrons. The van der Waals surface area contributed by atoms with E-state index in [1.54, 1.807) is 0 Å². The number of nitriles is 1. The molecule has 0 unspecified atom stereocenters. The zero-order valence-corrected chi connectivity index (χ0v) is 11.2. The molecule has 0 amide bonds. The Bertz CT molecular complexity index is 802. The van der Waals surface area contributed by atoms with E-state index in [2.05, 4.69) is 16.0 Å². The molecule has 0 aliphatic rings. The fourth-order valence-electron chi connectivity index (χ4n) is 1.99. The third kappa shape index (κ3) is 2.16. The number of fused-ring (bicyclic) bond motifs is 1. The molecule has 2 heterocycles. The van der Waals surface area contributed by atoms with E-state index in [-0.39, 0.29) is 0 Å². The number of aromatic amines is 1. The van der Waals surface area contributed by atoms with E-state index in [9.17, 15) is 5.26 Å². The van der Waals surface area contributed by atoms with Crippen LogP contribution in [0.25, 0.3) is 22.6 Å². The summed E-state index contributed by atoms with van der Waals surface area (Å²) in [5.41, 5.74) is 3.63. The molecule has 0 atom stereocenters. The quantitative estimate of drug-likeness (QED) is 0.712. The molecule has 1 N–H and O–H groups in total. The number of para-hydroxylation sites is 1. The van der Waals surface area contributed by atoms with Crippen LogP contribution in [-0.4, -0.2) is 9.97 Å². The number of thiazole rings is 1. The molecule has 2 aromatic heterocycles.